The van der Waals surface area contributed by atoms with E-state index in [1.165, 1.54) is 6.92 Å². The third kappa shape index (κ3) is 2.47. The minimum absolute atomic E-state index is 0.0354. The van der Waals surface area contributed by atoms with Crippen LogP contribution in [0.2, 0.25) is 0 Å². The third-order valence-electron chi connectivity index (χ3n) is 1.68. The van der Waals surface area contributed by atoms with Crippen molar-refractivity contribution in [3.8, 4) is 0 Å². The second-order valence-electron chi connectivity index (χ2n) is 2.90. The van der Waals surface area contributed by atoms with Gasteiger partial charge in [-0.25, -0.2) is 9.89 Å². The Bertz CT molecular complexity index is 387. The van der Waals surface area contributed by atoms with Gasteiger partial charge < -0.3 is 0 Å². The first-order valence-corrected chi connectivity index (χ1v) is 4.18. The van der Waals surface area contributed by atoms with Crippen LogP contribution >= 0.6 is 12.2 Å². The average Bonchev–Trinajstić information content (AvgIpc) is 2.27. The van der Waals surface area contributed by atoms with Gasteiger partial charge in [-0.3, -0.25) is 9.67 Å². The molecule has 0 aliphatic heterocycles. The molecule has 2 N–H and O–H groups in total. The molecule has 1 unspecified atom stereocenters. The van der Waals surface area contributed by atoms with E-state index in [1.54, 1.807) is 0 Å². The van der Waals surface area contributed by atoms with Crippen LogP contribution in [0.3, 0.4) is 0 Å². The molecule has 0 aliphatic carbocycles. The fourth-order valence-corrected chi connectivity index (χ4v) is 1.46. The summed E-state index contributed by atoms with van der Waals surface area (Å²) in [5.74, 6) is 0. The number of hydrogen-bond acceptors (Lipinski definition) is 2. The standard InChI is InChI=1S/C6H8F3N3OS/c1-3(2-6(7,8)9)12-4(13)10-11-5(12)14/h3H,2H2,1H3,(H,10,13)(H,11,14). The fraction of sp³-hybridized carbons (Fsp3) is 0.667. The van der Waals surface area contributed by atoms with E-state index in [1.807, 2.05) is 0 Å². The Morgan fingerprint density at radius 3 is 2.43 bits per heavy atom. The Labute approximate surface area is 81.7 Å². The van der Waals surface area contributed by atoms with Crippen LogP contribution in [0, 0.1) is 4.77 Å². The van der Waals surface area contributed by atoms with Crippen LogP contribution in [0.4, 0.5) is 13.2 Å². The van der Waals surface area contributed by atoms with Gasteiger partial charge in [0.25, 0.3) is 0 Å². The molecule has 0 aliphatic rings. The number of nitrogens with one attached hydrogen (secondary N) is 2. The van der Waals surface area contributed by atoms with Gasteiger partial charge >= 0.3 is 11.9 Å². The summed E-state index contributed by atoms with van der Waals surface area (Å²) in [7, 11) is 0. The van der Waals surface area contributed by atoms with Crippen molar-refractivity contribution in [2.24, 2.45) is 0 Å². The summed E-state index contributed by atoms with van der Waals surface area (Å²) in [5.41, 5.74) is -0.660. The molecule has 0 amide bonds. The van der Waals surface area contributed by atoms with Gasteiger partial charge in [0, 0.05) is 6.04 Å². The molecule has 4 nitrogen and oxygen atoms in total. The normalized spacial score (nSPS) is 14.3. The third-order valence-corrected chi connectivity index (χ3v) is 1.98. The summed E-state index contributed by atoms with van der Waals surface area (Å²) >= 11 is 4.65. The van der Waals surface area contributed by atoms with Crippen LogP contribution in [0.25, 0.3) is 0 Å². The quantitative estimate of drug-likeness (QED) is 0.756. The van der Waals surface area contributed by atoms with E-state index in [9.17, 15) is 18.0 Å². The number of H-pyrrole nitrogens is 2. The Balaban J connectivity index is 2.96. The number of aromatic amines is 2. The molecule has 0 aromatic carbocycles. The Morgan fingerprint density at radius 1 is 1.50 bits per heavy atom. The highest BCUT2D eigenvalue weighted by Gasteiger charge is 2.31. The van der Waals surface area contributed by atoms with Gasteiger partial charge in [0.2, 0.25) is 0 Å². The smallest absolute Gasteiger partial charge is 0.272 e. The number of halogens is 3. The van der Waals surface area contributed by atoms with Crippen molar-refractivity contribution >= 4 is 12.2 Å². The molecular weight excluding hydrogens is 219 g/mol. The topological polar surface area (TPSA) is 53.6 Å². The van der Waals surface area contributed by atoms with E-state index in [0.29, 0.717) is 0 Å². The second kappa shape index (κ2) is 3.60. The lowest BCUT2D eigenvalue weighted by atomic mass is 10.2. The van der Waals surface area contributed by atoms with E-state index >= 15 is 0 Å². The van der Waals surface area contributed by atoms with Crippen molar-refractivity contribution in [3.63, 3.8) is 0 Å². The van der Waals surface area contributed by atoms with Crippen molar-refractivity contribution in [1.82, 2.24) is 14.8 Å². The van der Waals surface area contributed by atoms with Gasteiger partial charge in [-0.15, -0.1) is 0 Å². The number of nitrogens with zero attached hydrogens (tertiary/aromatic N) is 1. The molecule has 1 aromatic heterocycles. The predicted molar refractivity (Wildman–Crippen MR) is 45.6 cm³/mol. The Kier molecular flexibility index (Phi) is 2.84. The zero-order valence-corrected chi connectivity index (χ0v) is 8.00. The van der Waals surface area contributed by atoms with Crippen molar-refractivity contribution in [2.75, 3.05) is 0 Å². The molecule has 1 rings (SSSR count). The maximum atomic E-state index is 12.0. The van der Waals surface area contributed by atoms with E-state index in [4.69, 9.17) is 0 Å². The number of rotatable bonds is 2. The zero-order chi connectivity index (χ0) is 10.9. The van der Waals surface area contributed by atoms with Gasteiger partial charge in [-0.1, -0.05) is 0 Å². The molecule has 1 aromatic rings. The van der Waals surface area contributed by atoms with Crippen LogP contribution in [-0.4, -0.2) is 20.9 Å². The van der Waals surface area contributed by atoms with E-state index < -0.39 is 24.3 Å². The van der Waals surface area contributed by atoms with Crippen molar-refractivity contribution < 1.29 is 13.2 Å². The van der Waals surface area contributed by atoms with Gasteiger partial charge in [-0.05, 0) is 19.1 Å². The summed E-state index contributed by atoms with van der Waals surface area (Å²) in [6.07, 6.45) is -5.39. The van der Waals surface area contributed by atoms with Crippen molar-refractivity contribution in [1.29, 1.82) is 0 Å². The summed E-state index contributed by atoms with van der Waals surface area (Å²) in [6.45, 7) is 1.28. The SMILES string of the molecule is CC(CC(F)(F)F)n1c(=O)[nH][nH]c1=S. The minimum atomic E-state index is -4.31. The highest BCUT2D eigenvalue weighted by Crippen LogP contribution is 2.26. The average molecular weight is 227 g/mol. The summed E-state index contributed by atoms with van der Waals surface area (Å²) < 4.78 is 36.8. The van der Waals surface area contributed by atoms with E-state index in [-0.39, 0.29) is 4.77 Å². The molecule has 80 valence electrons. The first-order chi connectivity index (χ1) is 6.31. The van der Waals surface area contributed by atoms with E-state index in [0.717, 1.165) is 4.57 Å². The maximum absolute atomic E-state index is 12.0. The zero-order valence-electron chi connectivity index (χ0n) is 7.18. The first-order valence-electron chi connectivity index (χ1n) is 3.77. The summed E-state index contributed by atoms with van der Waals surface area (Å²) in [5, 5.41) is 4.39. The van der Waals surface area contributed by atoms with Crippen molar-refractivity contribution in [3.05, 3.63) is 15.3 Å². The van der Waals surface area contributed by atoms with E-state index in [2.05, 4.69) is 22.4 Å². The lowest BCUT2D eigenvalue weighted by Gasteiger charge is -2.13. The molecule has 0 saturated carbocycles. The van der Waals surface area contributed by atoms with Gasteiger partial charge in [-0.2, -0.15) is 13.2 Å². The molecule has 8 heteroatoms. The molecule has 0 saturated heterocycles. The number of aromatic nitrogens is 3. The molecule has 1 heterocycles. The molecule has 0 bridgehead atoms. The Hall–Kier alpha value is -1.05. The molecule has 14 heavy (non-hydrogen) atoms. The molecular formula is C6H8F3N3OS. The lowest BCUT2D eigenvalue weighted by molar-refractivity contribution is -0.141. The summed E-state index contributed by atoms with van der Waals surface area (Å²) in [6, 6.07) is -1.00. The van der Waals surface area contributed by atoms with Gasteiger partial charge in [0.15, 0.2) is 4.77 Å². The van der Waals surface area contributed by atoms with Crippen LogP contribution in [0.1, 0.15) is 19.4 Å². The number of hydrogen-bond donors (Lipinski definition) is 2. The monoisotopic (exact) mass is 227 g/mol. The van der Waals surface area contributed by atoms with Crippen LogP contribution in [0.15, 0.2) is 4.79 Å². The first kappa shape index (κ1) is 11.0. The molecule has 0 fully saturated rings. The van der Waals surface area contributed by atoms with Gasteiger partial charge in [0.05, 0.1) is 6.42 Å². The Morgan fingerprint density at radius 2 is 2.07 bits per heavy atom. The minimum Gasteiger partial charge on any atom is -0.272 e. The summed E-state index contributed by atoms with van der Waals surface area (Å²) in [4.78, 5) is 11.0. The predicted octanol–water partition coefficient (Wildman–Crippen LogP) is 1.75. The molecule has 0 spiro atoms. The second-order valence-corrected chi connectivity index (χ2v) is 3.29. The fourth-order valence-electron chi connectivity index (χ4n) is 1.15. The molecule has 1 atom stereocenters. The van der Waals surface area contributed by atoms with Crippen LogP contribution < -0.4 is 5.69 Å². The highest BCUT2D eigenvalue weighted by atomic mass is 32.1. The lowest BCUT2D eigenvalue weighted by Crippen LogP contribution is -2.24. The largest absolute Gasteiger partial charge is 0.391 e. The highest BCUT2D eigenvalue weighted by molar-refractivity contribution is 7.71. The van der Waals surface area contributed by atoms with Crippen LogP contribution in [0.5, 0.6) is 0 Å². The van der Waals surface area contributed by atoms with Gasteiger partial charge in [0.1, 0.15) is 0 Å². The molecule has 0 radical (unpaired) electrons. The van der Waals surface area contributed by atoms with Crippen LogP contribution in [-0.2, 0) is 0 Å². The number of alkyl halides is 3. The maximum Gasteiger partial charge on any atom is 0.391 e. The van der Waals surface area contributed by atoms with Crippen molar-refractivity contribution in [2.45, 2.75) is 25.6 Å².